The minimum absolute atomic E-state index is 0. The van der Waals surface area contributed by atoms with Crippen LogP contribution in [0.15, 0.2) is 30.3 Å². The Morgan fingerprint density at radius 1 is 0.875 bits per heavy atom. The molecule has 0 aliphatic heterocycles. The first-order valence-electron chi connectivity index (χ1n) is 1.91. The monoisotopic (exact) mass is 117 g/mol. The Kier molecular flexibility index (Phi) is 9.91. The van der Waals surface area contributed by atoms with Crippen molar-refractivity contribution in [3.05, 3.63) is 36.4 Å². The molecule has 0 unspecified atom stereocenters. The minimum atomic E-state index is 0. The Labute approximate surface area is 71.3 Å². The summed E-state index contributed by atoms with van der Waals surface area (Å²) >= 11 is 0. The van der Waals surface area contributed by atoms with Crippen LogP contribution < -0.4 is 29.6 Å². The summed E-state index contributed by atoms with van der Waals surface area (Å²) < 4.78 is 0. The van der Waals surface area contributed by atoms with Crippen LogP contribution in [0.4, 0.5) is 0 Å². The van der Waals surface area contributed by atoms with Crippen LogP contribution in [0.1, 0.15) is 0 Å². The number of rotatable bonds is 0. The van der Waals surface area contributed by atoms with Crippen LogP contribution in [0.3, 0.4) is 0 Å². The zero-order chi connectivity index (χ0) is 4.24. The van der Waals surface area contributed by atoms with Gasteiger partial charge in [0.2, 0.25) is 0 Å². The van der Waals surface area contributed by atoms with E-state index in [4.69, 9.17) is 0 Å². The molecule has 0 atom stereocenters. The predicted molar refractivity (Wildman–Crippen MR) is 27.2 cm³/mol. The van der Waals surface area contributed by atoms with E-state index in [-0.39, 0.29) is 35.0 Å². The van der Waals surface area contributed by atoms with Crippen LogP contribution in [0, 0.1) is 6.07 Å². The molecule has 37 valence electrons. The van der Waals surface area contributed by atoms with E-state index in [1.807, 2.05) is 30.3 Å². The predicted octanol–water partition coefficient (Wildman–Crippen LogP) is -1.69. The largest absolute Gasteiger partial charge is 1.00 e. The van der Waals surface area contributed by atoms with Crippen LogP contribution >= 0.6 is 0 Å². The van der Waals surface area contributed by atoms with Gasteiger partial charge in [0, 0.05) is 0 Å². The standard InChI is InChI=1S/C6H5.Na.H2O/c1-2-4-6-5-3-1;;/h1-5H;;1H2/q;+1;/p-1. The SMILES string of the molecule is [Na+].[OH-].[c]1ccccc1. The van der Waals surface area contributed by atoms with Gasteiger partial charge in [0.15, 0.2) is 0 Å². The maximum absolute atomic E-state index is 2.89. The third kappa shape index (κ3) is 4.34. The average Bonchev–Trinajstić information content (AvgIpc) is 1.72. The third-order valence-corrected chi connectivity index (χ3v) is 0.607. The molecule has 0 aliphatic carbocycles. The molecule has 1 radical (unpaired) electrons. The van der Waals surface area contributed by atoms with Crippen molar-refractivity contribution in [2.24, 2.45) is 0 Å². The first-order valence-corrected chi connectivity index (χ1v) is 1.91. The minimum Gasteiger partial charge on any atom is -0.870 e. The normalized spacial score (nSPS) is 6.00. The van der Waals surface area contributed by atoms with Gasteiger partial charge in [-0.05, 0) is 6.07 Å². The van der Waals surface area contributed by atoms with Crippen molar-refractivity contribution in [3.8, 4) is 0 Å². The molecule has 0 aliphatic rings. The molecule has 0 heterocycles. The fourth-order valence-electron chi connectivity index (χ4n) is 0.342. The van der Waals surface area contributed by atoms with E-state index >= 15 is 0 Å². The zero-order valence-electron chi connectivity index (χ0n) is 4.83. The average molecular weight is 117 g/mol. The summed E-state index contributed by atoms with van der Waals surface area (Å²) in [5.41, 5.74) is 0. The van der Waals surface area contributed by atoms with Crippen molar-refractivity contribution < 1.29 is 35.0 Å². The Morgan fingerprint density at radius 3 is 1.50 bits per heavy atom. The molecule has 1 nitrogen and oxygen atoms in total. The second-order valence-electron chi connectivity index (χ2n) is 1.08. The Bertz CT molecular complexity index is 80.5. The fraction of sp³-hybridized carbons (Fsp3) is 0. The van der Waals surface area contributed by atoms with Crippen molar-refractivity contribution in [2.75, 3.05) is 0 Å². The van der Waals surface area contributed by atoms with Crippen LogP contribution in [0.5, 0.6) is 0 Å². The van der Waals surface area contributed by atoms with E-state index in [0.717, 1.165) is 0 Å². The Balaban J connectivity index is 0. The first-order chi connectivity index (χ1) is 3.00. The second-order valence-corrected chi connectivity index (χ2v) is 1.08. The van der Waals surface area contributed by atoms with E-state index < -0.39 is 0 Å². The van der Waals surface area contributed by atoms with Gasteiger partial charge in [0.25, 0.3) is 0 Å². The molecule has 1 aromatic rings. The summed E-state index contributed by atoms with van der Waals surface area (Å²) in [7, 11) is 0. The van der Waals surface area contributed by atoms with E-state index in [9.17, 15) is 0 Å². The molecule has 0 amide bonds. The van der Waals surface area contributed by atoms with Crippen LogP contribution in [0.2, 0.25) is 0 Å². The zero-order valence-corrected chi connectivity index (χ0v) is 6.83. The Hall–Kier alpha value is 0.180. The van der Waals surface area contributed by atoms with Crippen LogP contribution in [-0.4, -0.2) is 5.48 Å². The number of benzene rings is 1. The van der Waals surface area contributed by atoms with Gasteiger partial charge in [0.1, 0.15) is 0 Å². The molecule has 0 fully saturated rings. The third-order valence-electron chi connectivity index (χ3n) is 0.607. The fourth-order valence-corrected chi connectivity index (χ4v) is 0.342. The van der Waals surface area contributed by atoms with Crippen molar-refractivity contribution >= 4 is 0 Å². The van der Waals surface area contributed by atoms with Gasteiger partial charge in [-0.3, -0.25) is 0 Å². The van der Waals surface area contributed by atoms with Gasteiger partial charge in [-0.25, -0.2) is 0 Å². The number of hydrogen-bond acceptors (Lipinski definition) is 1. The van der Waals surface area contributed by atoms with Gasteiger partial charge in [0.05, 0.1) is 0 Å². The summed E-state index contributed by atoms with van der Waals surface area (Å²) in [6.07, 6.45) is 0. The molecule has 8 heavy (non-hydrogen) atoms. The van der Waals surface area contributed by atoms with Gasteiger partial charge in [-0.15, -0.1) is 0 Å². The molecule has 2 heteroatoms. The molecule has 0 bridgehead atoms. The first kappa shape index (κ1) is 11.0. The van der Waals surface area contributed by atoms with Gasteiger partial charge in [-0.1, -0.05) is 30.3 Å². The van der Waals surface area contributed by atoms with Crippen molar-refractivity contribution in [1.29, 1.82) is 0 Å². The van der Waals surface area contributed by atoms with Crippen molar-refractivity contribution in [3.63, 3.8) is 0 Å². The summed E-state index contributed by atoms with van der Waals surface area (Å²) in [6, 6.07) is 12.5. The Morgan fingerprint density at radius 2 is 1.38 bits per heavy atom. The molecule has 0 saturated heterocycles. The summed E-state index contributed by atoms with van der Waals surface area (Å²) in [5, 5.41) is 0. The van der Waals surface area contributed by atoms with Gasteiger partial charge < -0.3 is 5.48 Å². The van der Waals surface area contributed by atoms with E-state index in [2.05, 4.69) is 6.07 Å². The smallest absolute Gasteiger partial charge is 0.870 e. The molecular weight excluding hydrogens is 111 g/mol. The van der Waals surface area contributed by atoms with Crippen LogP contribution in [0.25, 0.3) is 0 Å². The van der Waals surface area contributed by atoms with Gasteiger partial charge in [-0.2, -0.15) is 0 Å². The van der Waals surface area contributed by atoms with Crippen molar-refractivity contribution in [1.82, 2.24) is 0 Å². The molecule has 0 aromatic heterocycles. The summed E-state index contributed by atoms with van der Waals surface area (Å²) in [5.74, 6) is 0. The van der Waals surface area contributed by atoms with Crippen molar-refractivity contribution in [2.45, 2.75) is 0 Å². The quantitative estimate of drug-likeness (QED) is 0.373. The topological polar surface area (TPSA) is 30.0 Å². The maximum atomic E-state index is 2.89. The second kappa shape index (κ2) is 7.18. The molecule has 1 N–H and O–H groups in total. The summed E-state index contributed by atoms with van der Waals surface area (Å²) in [4.78, 5) is 0. The molecule has 1 rings (SSSR count). The number of hydrogen-bond donors (Lipinski definition) is 0. The molecule has 0 saturated carbocycles. The van der Waals surface area contributed by atoms with Gasteiger partial charge >= 0.3 is 29.6 Å². The molecule has 0 spiro atoms. The molecular formula is C6H6NaO. The van der Waals surface area contributed by atoms with E-state index in [1.54, 1.807) is 0 Å². The van der Waals surface area contributed by atoms with E-state index in [0.29, 0.717) is 0 Å². The molecule has 1 aromatic carbocycles. The summed E-state index contributed by atoms with van der Waals surface area (Å²) in [6.45, 7) is 0. The van der Waals surface area contributed by atoms with E-state index in [1.165, 1.54) is 0 Å². The van der Waals surface area contributed by atoms with Crippen LogP contribution in [-0.2, 0) is 0 Å². The maximum Gasteiger partial charge on any atom is 1.00 e.